The Labute approximate surface area is 116 Å². The minimum Gasteiger partial charge on any atom is -0.356 e. The van der Waals surface area contributed by atoms with Crippen LogP contribution in [0.3, 0.4) is 0 Å². The van der Waals surface area contributed by atoms with Crippen molar-refractivity contribution in [3.05, 3.63) is 35.9 Å². The fourth-order valence-corrected chi connectivity index (χ4v) is 3.24. The zero-order valence-corrected chi connectivity index (χ0v) is 11.7. The first-order chi connectivity index (χ1) is 9.43. The average molecular weight is 256 g/mol. The summed E-state index contributed by atoms with van der Waals surface area (Å²) < 4.78 is 0. The van der Waals surface area contributed by atoms with Crippen LogP contribution in [0.5, 0.6) is 0 Å². The predicted octanol–water partition coefficient (Wildman–Crippen LogP) is 3.86. The van der Waals surface area contributed by atoms with Crippen molar-refractivity contribution in [1.82, 2.24) is 4.90 Å². The van der Waals surface area contributed by atoms with E-state index in [1.54, 1.807) is 0 Å². The molecule has 0 aromatic heterocycles. The van der Waals surface area contributed by atoms with E-state index in [1.807, 2.05) is 0 Å². The predicted molar refractivity (Wildman–Crippen MR) is 80.7 cm³/mol. The molecule has 0 radical (unpaired) electrons. The first-order valence-electron chi connectivity index (χ1n) is 7.82. The number of likely N-dealkylation sites (tertiary alicyclic amines) is 1. The number of benzene rings is 1. The smallest absolute Gasteiger partial charge is 0.131 e. The molecule has 0 bridgehead atoms. The standard InChI is InChI=1S/C17H24N2/c1-3-9-15(10-4-1)17(19-13-7-8-14-19)18-16-11-5-2-6-12-16/h1,3-4,9-10,16H,2,5-8,11-14H2. The molecular weight excluding hydrogens is 232 g/mol. The van der Waals surface area contributed by atoms with Crippen LogP contribution in [-0.2, 0) is 0 Å². The lowest BCUT2D eigenvalue weighted by atomic mass is 9.96. The van der Waals surface area contributed by atoms with Crippen LogP contribution >= 0.6 is 0 Å². The molecule has 3 rings (SSSR count). The summed E-state index contributed by atoms with van der Waals surface area (Å²) in [7, 11) is 0. The Bertz CT molecular complexity index is 412. The molecule has 1 saturated carbocycles. The second-order valence-electron chi connectivity index (χ2n) is 5.80. The molecule has 1 aromatic carbocycles. The number of aliphatic imine (C=N–C) groups is 1. The SMILES string of the molecule is c1ccc(C(=NC2CCCCC2)N2CCCC2)cc1. The third kappa shape index (κ3) is 3.17. The largest absolute Gasteiger partial charge is 0.356 e. The highest BCUT2D eigenvalue weighted by Gasteiger charge is 2.20. The van der Waals surface area contributed by atoms with E-state index >= 15 is 0 Å². The van der Waals surface area contributed by atoms with Gasteiger partial charge in [-0.05, 0) is 25.7 Å². The topological polar surface area (TPSA) is 15.6 Å². The molecule has 1 aliphatic carbocycles. The van der Waals surface area contributed by atoms with Gasteiger partial charge in [-0.2, -0.15) is 0 Å². The van der Waals surface area contributed by atoms with Gasteiger partial charge in [0.05, 0.1) is 6.04 Å². The number of amidine groups is 1. The molecule has 0 N–H and O–H groups in total. The minimum atomic E-state index is 0.560. The van der Waals surface area contributed by atoms with Gasteiger partial charge in [0.25, 0.3) is 0 Å². The van der Waals surface area contributed by atoms with E-state index in [1.165, 1.54) is 69.4 Å². The van der Waals surface area contributed by atoms with Crippen LogP contribution < -0.4 is 0 Å². The average Bonchev–Trinajstić information content (AvgIpc) is 3.01. The van der Waals surface area contributed by atoms with Crippen LogP contribution in [0.2, 0.25) is 0 Å². The third-order valence-corrected chi connectivity index (χ3v) is 4.32. The fraction of sp³-hybridized carbons (Fsp3) is 0.588. The maximum Gasteiger partial charge on any atom is 0.131 e. The Balaban J connectivity index is 1.84. The van der Waals surface area contributed by atoms with Crippen LogP contribution in [0.1, 0.15) is 50.5 Å². The van der Waals surface area contributed by atoms with Gasteiger partial charge < -0.3 is 4.90 Å². The molecule has 0 spiro atoms. The monoisotopic (exact) mass is 256 g/mol. The van der Waals surface area contributed by atoms with E-state index in [9.17, 15) is 0 Å². The highest BCUT2D eigenvalue weighted by molar-refractivity contribution is 5.99. The van der Waals surface area contributed by atoms with E-state index in [-0.39, 0.29) is 0 Å². The molecule has 1 heterocycles. The molecule has 2 aliphatic rings. The Hall–Kier alpha value is -1.31. The van der Waals surface area contributed by atoms with Gasteiger partial charge >= 0.3 is 0 Å². The van der Waals surface area contributed by atoms with E-state index in [0.29, 0.717) is 6.04 Å². The van der Waals surface area contributed by atoms with E-state index in [4.69, 9.17) is 4.99 Å². The maximum absolute atomic E-state index is 5.13. The van der Waals surface area contributed by atoms with Gasteiger partial charge in [-0.1, -0.05) is 49.6 Å². The first kappa shape index (κ1) is 12.7. The molecule has 1 saturated heterocycles. The first-order valence-corrected chi connectivity index (χ1v) is 7.82. The lowest BCUT2D eigenvalue weighted by molar-refractivity contribution is 0.433. The van der Waals surface area contributed by atoms with E-state index in [0.717, 1.165) is 0 Å². The van der Waals surface area contributed by atoms with Crippen LogP contribution in [0.4, 0.5) is 0 Å². The van der Waals surface area contributed by atoms with Crippen molar-refractivity contribution >= 4 is 5.84 Å². The third-order valence-electron chi connectivity index (χ3n) is 4.32. The van der Waals surface area contributed by atoms with Crippen molar-refractivity contribution in [3.63, 3.8) is 0 Å². The van der Waals surface area contributed by atoms with Crippen molar-refractivity contribution in [2.45, 2.75) is 51.0 Å². The second kappa shape index (κ2) is 6.23. The molecular formula is C17H24N2. The van der Waals surface area contributed by atoms with Crippen molar-refractivity contribution in [2.24, 2.45) is 4.99 Å². The quantitative estimate of drug-likeness (QED) is 0.579. The molecule has 0 atom stereocenters. The van der Waals surface area contributed by atoms with Gasteiger partial charge in [-0.3, -0.25) is 4.99 Å². The summed E-state index contributed by atoms with van der Waals surface area (Å²) in [6.07, 6.45) is 9.31. The summed E-state index contributed by atoms with van der Waals surface area (Å²) in [5, 5.41) is 0. The van der Waals surface area contributed by atoms with Gasteiger partial charge in [0.15, 0.2) is 0 Å². The van der Waals surface area contributed by atoms with E-state index in [2.05, 4.69) is 35.2 Å². The molecule has 2 heteroatoms. The van der Waals surface area contributed by atoms with Crippen molar-refractivity contribution in [2.75, 3.05) is 13.1 Å². The number of hydrogen-bond donors (Lipinski definition) is 0. The maximum atomic E-state index is 5.13. The van der Waals surface area contributed by atoms with Crippen molar-refractivity contribution in [1.29, 1.82) is 0 Å². The molecule has 1 aromatic rings. The summed E-state index contributed by atoms with van der Waals surface area (Å²) >= 11 is 0. The molecule has 0 amide bonds. The van der Waals surface area contributed by atoms with Gasteiger partial charge in [-0.25, -0.2) is 0 Å². The van der Waals surface area contributed by atoms with Gasteiger partial charge in [-0.15, -0.1) is 0 Å². The molecule has 1 aliphatic heterocycles. The number of rotatable bonds is 2. The molecule has 102 valence electrons. The van der Waals surface area contributed by atoms with Crippen LogP contribution in [0, 0.1) is 0 Å². The summed E-state index contributed by atoms with van der Waals surface area (Å²) in [5.74, 6) is 1.25. The van der Waals surface area contributed by atoms with Crippen molar-refractivity contribution in [3.8, 4) is 0 Å². The van der Waals surface area contributed by atoms with Gasteiger partial charge in [0.1, 0.15) is 5.84 Å². The lowest BCUT2D eigenvalue weighted by Crippen LogP contribution is -2.30. The highest BCUT2D eigenvalue weighted by Crippen LogP contribution is 2.23. The Morgan fingerprint density at radius 1 is 0.895 bits per heavy atom. The zero-order chi connectivity index (χ0) is 12.9. The number of nitrogens with zero attached hydrogens (tertiary/aromatic N) is 2. The zero-order valence-electron chi connectivity index (χ0n) is 11.7. The van der Waals surface area contributed by atoms with Gasteiger partial charge in [0, 0.05) is 18.7 Å². The summed E-state index contributed by atoms with van der Waals surface area (Å²) in [6.45, 7) is 2.36. The molecule has 2 fully saturated rings. The molecule has 19 heavy (non-hydrogen) atoms. The van der Waals surface area contributed by atoms with Gasteiger partial charge in [0.2, 0.25) is 0 Å². The normalized spacial score (nSPS) is 21.9. The summed E-state index contributed by atoms with van der Waals surface area (Å²) in [5.41, 5.74) is 1.30. The van der Waals surface area contributed by atoms with Crippen LogP contribution in [0.15, 0.2) is 35.3 Å². The second-order valence-corrected chi connectivity index (χ2v) is 5.80. The van der Waals surface area contributed by atoms with Crippen LogP contribution in [-0.4, -0.2) is 29.9 Å². The Morgan fingerprint density at radius 2 is 1.58 bits per heavy atom. The summed E-state index contributed by atoms with van der Waals surface area (Å²) in [6, 6.07) is 11.3. The Morgan fingerprint density at radius 3 is 2.26 bits per heavy atom. The molecule has 2 nitrogen and oxygen atoms in total. The Kier molecular flexibility index (Phi) is 4.16. The lowest BCUT2D eigenvalue weighted by Gasteiger charge is -2.25. The number of hydrogen-bond acceptors (Lipinski definition) is 1. The highest BCUT2D eigenvalue weighted by atomic mass is 15.2. The van der Waals surface area contributed by atoms with E-state index < -0.39 is 0 Å². The molecule has 0 unspecified atom stereocenters. The minimum absolute atomic E-state index is 0.560. The van der Waals surface area contributed by atoms with Crippen LogP contribution in [0.25, 0.3) is 0 Å². The fourth-order valence-electron chi connectivity index (χ4n) is 3.24. The summed E-state index contributed by atoms with van der Waals surface area (Å²) in [4.78, 5) is 7.62. The van der Waals surface area contributed by atoms with Crippen molar-refractivity contribution < 1.29 is 0 Å².